The van der Waals surface area contributed by atoms with Crippen LogP contribution in [0.1, 0.15) is 46.2 Å². The van der Waals surface area contributed by atoms with E-state index in [2.05, 4.69) is 5.32 Å². The van der Waals surface area contributed by atoms with Crippen LogP contribution in [0.25, 0.3) is 10.8 Å². The largest absolute Gasteiger partial charge is 0.464 e. The maximum absolute atomic E-state index is 12.6. The minimum Gasteiger partial charge on any atom is -0.464 e. The van der Waals surface area contributed by atoms with Crippen molar-refractivity contribution in [3.05, 3.63) is 72.1 Å². The van der Waals surface area contributed by atoms with E-state index in [9.17, 15) is 14.4 Å². The van der Waals surface area contributed by atoms with Crippen LogP contribution in [0, 0.1) is 0 Å². The molecule has 1 aromatic heterocycles. The predicted octanol–water partition coefficient (Wildman–Crippen LogP) is 3.41. The fraction of sp³-hybridized carbons (Fsp3) is 0.320. The summed E-state index contributed by atoms with van der Waals surface area (Å²) in [5.74, 6) is -0.496. The number of hydrogen-bond donors (Lipinski definition) is 1. The molecule has 1 aliphatic rings. The van der Waals surface area contributed by atoms with Gasteiger partial charge in [0.15, 0.2) is 0 Å². The van der Waals surface area contributed by atoms with Gasteiger partial charge in [-0.25, -0.2) is 4.79 Å². The summed E-state index contributed by atoms with van der Waals surface area (Å²) in [4.78, 5) is 38.8. The molecule has 0 atom stereocenters. The van der Waals surface area contributed by atoms with Crippen LogP contribution in [0.5, 0.6) is 0 Å². The number of esters is 1. The van der Waals surface area contributed by atoms with Crippen molar-refractivity contribution in [2.45, 2.75) is 25.3 Å². The maximum atomic E-state index is 12.6. The van der Waals surface area contributed by atoms with Crippen molar-refractivity contribution in [2.75, 3.05) is 26.7 Å². The van der Waals surface area contributed by atoms with Crippen molar-refractivity contribution < 1.29 is 19.1 Å². The van der Waals surface area contributed by atoms with Crippen LogP contribution in [0.2, 0.25) is 0 Å². The molecule has 32 heavy (non-hydrogen) atoms. The SMILES string of the molecule is COC(=O)c1cccn1C1CCN(C(=O)CCNC(=O)c2ccc3ccccc3c2)CC1. The Morgan fingerprint density at radius 2 is 1.75 bits per heavy atom. The first-order chi connectivity index (χ1) is 15.6. The quantitative estimate of drug-likeness (QED) is 0.604. The summed E-state index contributed by atoms with van der Waals surface area (Å²) >= 11 is 0. The highest BCUT2D eigenvalue weighted by Gasteiger charge is 2.26. The van der Waals surface area contributed by atoms with E-state index in [0.717, 1.165) is 23.6 Å². The van der Waals surface area contributed by atoms with Crippen molar-refractivity contribution in [1.29, 1.82) is 0 Å². The van der Waals surface area contributed by atoms with Gasteiger partial charge in [0.2, 0.25) is 5.91 Å². The molecule has 1 fully saturated rings. The van der Waals surface area contributed by atoms with Crippen molar-refractivity contribution in [3.8, 4) is 0 Å². The Balaban J connectivity index is 1.25. The Hall–Kier alpha value is -3.61. The smallest absolute Gasteiger partial charge is 0.354 e. The zero-order chi connectivity index (χ0) is 22.5. The van der Waals surface area contributed by atoms with Crippen molar-refractivity contribution in [3.63, 3.8) is 0 Å². The average Bonchev–Trinajstić information content (AvgIpc) is 3.33. The molecule has 0 aliphatic carbocycles. The molecule has 0 saturated carbocycles. The number of aromatic nitrogens is 1. The number of methoxy groups -OCH3 is 1. The average molecular weight is 434 g/mol. The van der Waals surface area contributed by atoms with Crippen molar-refractivity contribution in [2.24, 2.45) is 0 Å². The summed E-state index contributed by atoms with van der Waals surface area (Å²) in [5.41, 5.74) is 1.12. The highest BCUT2D eigenvalue weighted by atomic mass is 16.5. The molecular weight excluding hydrogens is 406 g/mol. The van der Waals surface area contributed by atoms with Gasteiger partial charge in [-0.15, -0.1) is 0 Å². The number of rotatable bonds is 6. The van der Waals surface area contributed by atoms with E-state index < -0.39 is 0 Å². The molecule has 0 unspecified atom stereocenters. The molecule has 1 aliphatic heterocycles. The molecule has 7 nitrogen and oxygen atoms in total. The zero-order valence-corrected chi connectivity index (χ0v) is 18.1. The first kappa shape index (κ1) is 21.6. The number of piperidine rings is 1. The number of benzene rings is 2. The van der Waals surface area contributed by atoms with Crippen LogP contribution in [0.15, 0.2) is 60.8 Å². The Labute approximate surface area is 187 Å². The number of fused-ring (bicyclic) bond motifs is 1. The van der Waals surface area contributed by atoms with Gasteiger partial charge in [0.05, 0.1) is 7.11 Å². The van der Waals surface area contributed by atoms with Gasteiger partial charge in [0, 0.05) is 43.9 Å². The zero-order valence-electron chi connectivity index (χ0n) is 18.1. The number of amides is 2. The number of carbonyl (C=O) groups is 3. The Morgan fingerprint density at radius 3 is 2.50 bits per heavy atom. The van der Waals surface area contributed by atoms with Gasteiger partial charge < -0.3 is 19.5 Å². The molecule has 0 spiro atoms. The molecule has 2 aromatic carbocycles. The van der Waals surface area contributed by atoms with Crippen LogP contribution in [0.4, 0.5) is 0 Å². The van der Waals surface area contributed by atoms with Gasteiger partial charge >= 0.3 is 5.97 Å². The molecule has 166 valence electrons. The second-order valence-electron chi connectivity index (χ2n) is 7.97. The fourth-order valence-electron chi connectivity index (χ4n) is 4.26. The van der Waals surface area contributed by atoms with E-state index in [0.29, 0.717) is 30.9 Å². The predicted molar refractivity (Wildman–Crippen MR) is 122 cm³/mol. The molecule has 3 aromatic rings. The van der Waals surface area contributed by atoms with E-state index >= 15 is 0 Å². The number of likely N-dealkylation sites (tertiary alicyclic amines) is 1. The van der Waals surface area contributed by atoms with E-state index in [1.165, 1.54) is 7.11 Å². The molecule has 1 saturated heterocycles. The number of ether oxygens (including phenoxy) is 1. The first-order valence-corrected chi connectivity index (χ1v) is 10.9. The summed E-state index contributed by atoms with van der Waals surface area (Å²) in [6.45, 7) is 1.55. The molecule has 7 heteroatoms. The van der Waals surface area contributed by atoms with Gasteiger partial charge in [-0.2, -0.15) is 0 Å². The van der Waals surface area contributed by atoms with Crippen LogP contribution < -0.4 is 5.32 Å². The van der Waals surface area contributed by atoms with Gasteiger partial charge in [-0.05, 0) is 47.9 Å². The Bertz CT molecular complexity index is 1130. The number of carbonyl (C=O) groups excluding carboxylic acids is 3. The molecule has 1 N–H and O–H groups in total. The third-order valence-corrected chi connectivity index (χ3v) is 6.02. The number of hydrogen-bond acceptors (Lipinski definition) is 4. The van der Waals surface area contributed by atoms with E-state index in [-0.39, 0.29) is 30.2 Å². The van der Waals surface area contributed by atoms with Crippen LogP contribution >= 0.6 is 0 Å². The Kier molecular flexibility index (Phi) is 6.54. The topological polar surface area (TPSA) is 80.6 Å². The fourth-order valence-corrected chi connectivity index (χ4v) is 4.26. The monoisotopic (exact) mass is 433 g/mol. The second kappa shape index (κ2) is 9.68. The van der Waals surface area contributed by atoms with E-state index in [1.807, 2.05) is 58.1 Å². The summed E-state index contributed by atoms with van der Waals surface area (Å²) in [6, 6.07) is 17.2. The molecular formula is C25H27N3O4. The third-order valence-electron chi connectivity index (χ3n) is 6.02. The lowest BCUT2D eigenvalue weighted by Crippen LogP contribution is -2.40. The highest BCUT2D eigenvalue weighted by Crippen LogP contribution is 2.25. The molecule has 2 heterocycles. The molecule has 4 rings (SSSR count). The summed E-state index contributed by atoms with van der Waals surface area (Å²) < 4.78 is 6.79. The standard InChI is InChI=1S/C25H27N3O4/c1-32-25(31)22-7-4-14-28(22)21-11-15-27(16-12-21)23(29)10-13-26-24(30)20-9-8-18-5-2-3-6-19(18)17-20/h2-9,14,17,21H,10-13,15-16H2,1H3,(H,26,30). The summed E-state index contributed by atoms with van der Waals surface area (Å²) in [7, 11) is 1.37. The van der Waals surface area contributed by atoms with Crippen LogP contribution in [0.3, 0.4) is 0 Å². The van der Waals surface area contributed by atoms with Crippen molar-refractivity contribution in [1.82, 2.24) is 14.8 Å². The maximum Gasteiger partial charge on any atom is 0.354 e. The van der Waals surface area contributed by atoms with Crippen LogP contribution in [-0.2, 0) is 9.53 Å². The van der Waals surface area contributed by atoms with Crippen molar-refractivity contribution >= 4 is 28.6 Å². The summed E-state index contributed by atoms with van der Waals surface area (Å²) in [6.07, 6.45) is 3.69. The molecule has 0 bridgehead atoms. The van der Waals surface area contributed by atoms with Gasteiger partial charge in [0.1, 0.15) is 5.69 Å². The normalized spacial score (nSPS) is 14.3. The summed E-state index contributed by atoms with van der Waals surface area (Å²) in [5, 5.41) is 4.94. The molecule has 0 radical (unpaired) electrons. The number of nitrogens with zero attached hydrogens (tertiary/aromatic N) is 2. The van der Waals surface area contributed by atoms with E-state index in [4.69, 9.17) is 4.74 Å². The number of nitrogens with one attached hydrogen (secondary N) is 1. The van der Waals surface area contributed by atoms with Crippen LogP contribution in [-0.4, -0.2) is 54.0 Å². The minimum absolute atomic E-state index is 0.0305. The van der Waals surface area contributed by atoms with E-state index in [1.54, 1.807) is 12.1 Å². The third kappa shape index (κ3) is 4.66. The van der Waals surface area contributed by atoms with Gasteiger partial charge in [-0.3, -0.25) is 9.59 Å². The Morgan fingerprint density at radius 1 is 1.00 bits per heavy atom. The van der Waals surface area contributed by atoms with Gasteiger partial charge in [0.25, 0.3) is 5.91 Å². The van der Waals surface area contributed by atoms with Gasteiger partial charge in [-0.1, -0.05) is 30.3 Å². The lowest BCUT2D eigenvalue weighted by Gasteiger charge is -2.33. The molecule has 2 amide bonds. The first-order valence-electron chi connectivity index (χ1n) is 10.9. The highest BCUT2D eigenvalue weighted by molar-refractivity contribution is 5.98. The lowest BCUT2D eigenvalue weighted by atomic mass is 10.0. The second-order valence-corrected chi connectivity index (χ2v) is 7.97. The lowest BCUT2D eigenvalue weighted by molar-refractivity contribution is -0.132. The minimum atomic E-state index is -0.351.